The summed E-state index contributed by atoms with van der Waals surface area (Å²) in [5.41, 5.74) is 1.76. The first kappa shape index (κ1) is 20.2. The van der Waals surface area contributed by atoms with Crippen LogP contribution in [0.2, 0.25) is 0 Å². The number of carbonyl (C=O) groups is 1. The average Bonchev–Trinajstić information content (AvgIpc) is 3.17. The number of aliphatic imine (C=N–C) groups is 1. The number of aromatic hydroxyl groups is 1. The van der Waals surface area contributed by atoms with E-state index in [4.69, 9.17) is 0 Å². The zero-order valence-corrected chi connectivity index (χ0v) is 15.6. The van der Waals surface area contributed by atoms with Gasteiger partial charge in [0.15, 0.2) is 5.75 Å². The van der Waals surface area contributed by atoms with Gasteiger partial charge in [0.05, 0.1) is 5.69 Å². The van der Waals surface area contributed by atoms with Gasteiger partial charge in [0, 0.05) is 16.1 Å². The minimum atomic E-state index is -0.185. The number of benzene rings is 1. The minimum absolute atomic E-state index is 0.0166. The van der Waals surface area contributed by atoms with Crippen molar-refractivity contribution >= 4 is 29.3 Å². The number of rotatable bonds is 2. The zero-order valence-electron chi connectivity index (χ0n) is 15.6. The summed E-state index contributed by atoms with van der Waals surface area (Å²) in [4.78, 5) is 19.8. The van der Waals surface area contributed by atoms with Gasteiger partial charge in [0.2, 0.25) is 5.78 Å². The lowest BCUT2D eigenvalue weighted by Crippen LogP contribution is -2.21. The van der Waals surface area contributed by atoms with Gasteiger partial charge in [-0.15, -0.1) is 0 Å². The lowest BCUT2D eigenvalue weighted by atomic mass is 10.1. The van der Waals surface area contributed by atoms with E-state index in [2.05, 4.69) is 16.6 Å². The molecule has 0 fully saturated rings. The van der Waals surface area contributed by atoms with E-state index in [0.717, 1.165) is 5.35 Å². The lowest BCUT2D eigenvalue weighted by Gasteiger charge is -1.96. The Morgan fingerprint density at radius 3 is 2.36 bits per heavy atom. The number of carbonyl (C=O) groups excluding carboxylic acids is 1. The lowest BCUT2D eigenvalue weighted by molar-refractivity contribution is 0.106. The maximum absolute atomic E-state index is 12.4. The van der Waals surface area contributed by atoms with Crippen molar-refractivity contribution in [3.63, 3.8) is 0 Å². The number of fused-ring (bicyclic) bond motifs is 1. The molecule has 0 spiro atoms. The highest BCUT2D eigenvalue weighted by atomic mass is 16.3. The standard InChI is InChI=1S/C17H14N2O2.2C2H6/c1-3-7-10-12(4-2)18-14(16(10)20)15-17(21)11-8-5-6-9-13(11)19-15;2*1-2/h3-9,18,20H,1H2,2H3;2*1-2H3/b10-7+,12-4+;;. The highest BCUT2D eigenvalue weighted by Crippen LogP contribution is 2.29. The summed E-state index contributed by atoms with van der Waals surface area (Å²) in [5, 5.41) is 11.7. The molecule has 0 radical (unpaired) electrons. The van der Waals surface area contributed by atoms with E-state index in [1.165, 1.54) is 0 Å². The van der Waals surface area contributed by atoms with Gasteiger partial charge in [0.1, 0.15) is 11.4 Å². The fourth-order valence-corrected chi connectivity index (χ4v) is 2.44. The van der Waals surface area contributed by atoms with Crippen molar-refractivity contribution in [3.8, 4) is 5.75 Å². The molecular formula is C21H26N2O2. The minimum Gasteiger partial charge on any atom is -0.505 e. The van der Waals surface area contributed by atoms with Gasteiger partial charge >= 0.3 is 0 Å². The summed E-state index contributed by atoms with van der Waals surface area (Å²) < 4.78 is 0. The van der Waals surface area contributed by atoms with Crippen LogP contribution in [0.5, 0.6) is 5.75 Å². The topological polar surface area (TPSA) is 65.5 Å². The van der Waals surface area contributed by atoms with Gasteiger partial charge in [-0.05, 0) is 25.1 Å². The van der Waals surface area contributed by atoms with E-state index < -0.39 is 0 Å². The van der Waals surface area contributed by atoms with E-state index >= 15 is 0 Å². The number of aromatic amines is 1. The van der Waals surface area contributed by atoms with Crippen LogP contribution in [0, 0.1) is 0 Å². The molecule has 1 aromatic heterocycles. The van der Waals surface area contributed by atoms with Crippen molar-refractivity contribution in [2.24, 2.45) is 4.99 Å². The molecule has 1 aliphatic rings. The smallest absolute Gasteiger partial charge is 0.215 e. The highest BCUT2D eigenvalue weighted by Gasteiger charge is 2.28. The van der Waals surface area contributed by atoms with E-state index in [-0.39, 0.29) is 17.2 Å². The molecule has 0 unspecified atom stereocenters. The molecule has 0 atom stereocenters. The molecule has 4 heteroatoms. The van der Waals surface area contributed by atoms with Crippen molar-refractivity contribution in [3.05, 3.63) is 58.7 Å². The number of hydrogen-bond donors (Lipinski definition) is 2. The first-order valence-corrected chi connectivity index (χ1v) is 8.60. The summed E-state index contributed by atoms with van der Waals surface area (Å²) in [7, 11) is 0. The Labute approximate surface area is 149 Å². The van der Waals surface area contributed by atoms with Crippen LogP contribution < -0.4 is 10.6 Å². The maximum Gasteiger partial charge on any atom is 0.215 e. The summed E-state index contributed by atoms with van der Waals surface area (Å²) in [6, 6.07) is 7.14. The van der Waals surface area contributed by atoms with Crippen molar-refractivity contribution in [1.82, 2.24) is 4.98 Å². The second-order valence-corrected chi connectivity index (χ2v) is 4.67. The first-order chi connectivity index (χ1) is 12.2. The Bertz CT molecular complexity index is 902. The van der Waals surface area contributed by atoms with Crippen LogP contribution in [0.15, 0.2) is 41.9 Å². The normalized spacial score (nSPS) is 13.3. The Morgan fingerprint density at radius 1 is 1.16 bits per heavy atom. The van der Waals surface area contributed by atoms with Crippen LogP contribution >= 0.6 is 0 Å². The summed E-state index contributed by atoms with van der Waals surface area (Å²) >= 11 is 0. The highest BCUT2D eigenvalue weighted by molar-refractivity contribution is 6.54. The molecule has 1 aromatic carbocycles. The Balaban J connectivity index is 0.000000730. The van der Waals surface area contributed by atoms with Gasteiger partial charge in [-0.3, -0.25) is 4.79 Å². The van der Waals surface area contributed by atoms with E-state index in [1.54, 1.807) is 30.4 Å². The second-order valence-electron chi connectivity index (χ2n) is 4.67. The van der Waals surface area contributed by atoms with Crippen LogP contribution in [-0.4, -0.2) is 21.6 Å². The number of para-hydroxylation sites is 1. The molecule has 25 heavy (non-hydrogen) atoms. The average molecular weight is 338 g/mol. The number of allylic oxidation sites excluding steroid dienone is 1. The third-order valence-corrected chi connectivity index (χ3v) is 3.45. The molecule has 4 nitrogen and oxygen atoms in total. The number of nitrogens with one attached hydrogen (secondary N) is 1. The molecule has 2 aromatic rings. The molecule has 0 saturated carbocycles. The quantitative estimate of drug-likeness (QED) is 0.873. The summed E-state index contributed by atoms with van der Waals surface area (Å²) in [6.07, 6.45) is 5.11. The molecule has 0 saturated heterocycles. The van der Waals surface area contributed by atoms with E-state index in [0.29, 0.717) is 22.2 Å². The van der Waals surface area contributed by atoms with Gasteiger partial charge < -0.3 is 10.1 Å². The Morgan fingerprint density at radius 2 is 1.80 bits per heavy atom. The fraction of sp³-hybridized carbons (Fsp3) is 0.238. The molecule has 0 aliphatic carbocycles. The number of nitrogens with zero attached hydrogens (tertiary/aromatic N) is 1. The maximum atomic E-state index is 12.4. The zero-order chi connectivity index (χ0) is 19.0. The molecule has 1 aliphatic heterocycles. The molecule has 132 valence electrons. The summed E-state index contributed by atoms with van der Waals surface area (Å²) in [6.45, 7) is 13.5. The van der Waals surface area contributed by atoms with Crippen molar-refractivity contribution < 1.29 is 9.90 Å². The van der Waals surface area contributed by atoms with Crippen LogP contribution in [0.4, 0.5) is 5.69 Å². The van der Waals surface area contributed by atoms with Gasteiger partial charge in [-0.25, -0.2) is 4.99 Å². The van der Waals surface area contributed by atoms with Crippen LogP contribution in [0.25, 0.3) is 12.2 Å². The molecule has 2 heterocycles. The van der Waals surface area contributed by atoms with Crippen molar-refractivity contribution in [2.45, 2.75) is 34.6 Å². The third kappa shape index (κ3) is 3.79. The number of hydrogen-bond acceptors (Lipinski definition) is 3. The van der Waals surface area contributed by atoms with Crippen LogP contribution in [0.1, 0.15) is 50.7 Å². The molecule has 0 bridgehead atoms. The molecule has 2 N–H and O–H groups in total. The number of H-pyrrole nitrogens is 1. The Kier molecular flexibility index (Phi) is 7.60. The van der Waals surface area contributed by atoms with Crippen molar-refractivity contribution in [1.29, 1.82) is 0 Å². The predicted octanol–water partition coefficient (Wildman–Crippen LogP) is 3.86. The van der Waals surface area contributed by atoms with Crippen LogP contribution in [-0.2, 0) is 0 Å². The number of Topliss-reactive ketones (excluding diaryl/α,β-unsaturated/α-hetero) is 1. The van der Waals surface area contributed by atoms with E-state index in [1.807, 2.05) is 46.8 Å². The summed E-state index contributed by atoms with van der Waals surface area (Å²) in [5.74, 6) is -0.169. The predicted molar refractivity (Wildman–Crippen MR) is 106 cm³/mol. The van der Waals surface area contributed by atoms with Gasteiger partial charge in [-0.1, -0.05) is 58.6 Å². The third-order valence-electron chi connectivity index (χ3n) is 3.45. The first-order valence-electron chi connectivity index (χ1n) is 8.60. The van der Waals surface area contributed by atoms with E-state index in [9.17, 15) is 9.90 Å². The SMILES string of the molecule is C=C/C=c1/c(O)c(C2=Nc3ccccc3C2=O)[nH]/c1=C/C.CC.CC. The van der Waals surface area contributed by atoms with Gasteiger partial charge in [0.25, 0.3) is 0 Å². The van der Waals surface area contributed by atoms with Crippen molar-refractivity contribution in [2.75, 3.05) is 0 Å². The monoisotopic (exact) mass is 338 g/mol. The molecule has 0 amide bonds. The molecular weight excluding hydrogens is 312 g/mol. The number of aromatic nitrogens is 1. The second kappa shape index (κ2) is 9.42. The number of ketones is 1. The largest absolute Gasteiger partial charge is 0.505 e. The molecule has 3 rings (SSSR count). The van der Waals surface area contributed by atoms with Gasteiger partial charge in [-0.2, -0.15) is 0 Å². The van der Waals surface area contributed by atoms with Crippen LogP contribution in [0.3, 0.4) is 0 Å². The fourth-order valence-electron chi connectivity index (χ4n) is 2.44. The Hall–Kier alpha value is -2.88.